The van der Waals surface area contributed by atoms with Crippen LogP contribution in [0, 0.1) is 20.2 Å². The van der Waals surface area contributed by atoms with Gasteiger partial charge in [-0.1, -0.05) is 41.4 Å². The number of methoxy groups -OCH3 is 2. The van der Waals surface area contributed by atoms with Gasteiger partial charge in [-0.15, -0.1) is 5.06 Å². The topological polar surface area (TPSA) is 452 Å². The Morgan fingerprint density at radius 1 is 0.644 bits per heavy atom. The van der Waals surface area contributed by atoms with Crippen molar-refractivity contribution in [2.45, 2.75) is 90.6 Å². The molecule has 5 rings (SSSR count). The summed E-state index contributed by atoms with van der Waals surface area (Å²) in [5.41, 5.74) is 8.14. The predicted octanol–water partition coefficient (Wildman–Crippen LogP) is 1.63. The Bertz CT molecular complexity index is 3070. The first-order valence-corrected chi connectivity index (χ1v) is 26.8. The van der Waals surface area contributed by atoms with E-state index in [9.17, 15) is 73.6 Å². The molecule has 33 nitrogen and oxygen atoms in total. The van der Waals surface area contributed by atoms with Crippen LogP contribution in [0.2, 0.25) is 0 Å². The van der Waals surface area contributed by atoms with Crippen molar-refractivity contribution in [3.8, 4) is 11.5 Å². The summed E-state index contributed by atoms with van der Waals surface area (Å²) in [5, 5.41) is 54.6. The summed E-state index contributed by atoms with van der Waals surface area (Å²) in [4.78, 5) is 135. The van der Waals surface area contributed by atoms with Crippen LogP contribution < -0.4 is 41.8 Å². The van der Waals surface area contributed by atoms with E-state index in [2.05, 4.69) is 46.0 Å². The zero-order valence-corrected chi connectivity index (χ0v) is 48.3. The van der Waals surface area contributed by atoms with E-state index < -0.39 is 51.4 Å². The number of carbonyl (C=O) groups excluding carboxylic acids is 9. The molecule has 6 amide bonds. The fourth-order valence-corrected chi connectivity index (χ4v) is 7.24. The van der Waals surface area contributed by atoms with Crippen LogP contribution >= 0.6 is 0 Å². The van der Waals surface area contributed by atoms with Crippen LogP contribution in [0.3, 0.4) is 0 Å². The number of rotatable bonds is 33. The normalized spacial score (nSPS) is 11.6. The van der Waals surface area contributed by atoms with Crippen molar-refractivity contribution < 1.29 is 87.0 Å². The first-order chi connectivity index (χ1) is 41.6. The summed E-state index contributed by atoms with van der Waals surface area (Å²) in [5.74, 6) is -4.22. The minimum atomic E-state index is -0.636. The van der Waals surface area contributed by atoms with E-state index in [4.69, 9.17) is 20.0 Å². The number of benzene rings is 2. The molecule has 0 radical (unpaired) electrons. The van der Waals surface area contributed by atoms with Gasteiger partial charge in [0.2, 0.25) is 23.6 Å². The molecule has 0 unspecified atom stereocenters. The number of anilines is 2. The van der Waals surface area contributed by atoms with E-state index in [1.807, 2.05) is 0 Å². The minimum Gasteiger partial charge on any atom is -0.484 e. The standard InChI is InChI=1S/C25H34N6O8.C15H20N2O7.C14H17N5O5/c1-30-19(14-28-25(30)31(36)37)17-39-21-8-7-18(16-32)13-20(21)29-23(34)15-26-11-5-3-4-6-12-27-22(33)9-10-24(35)38-2;1-23-14(21)9-6-11(18)16-10-4-2-3-5-15(22)24-17-12(19)7-8-13(17)20;1-18-10(6-16-14(18)19(22)23)8-24-12-3-2-9(7-20)4-11(12)17-13(21)5-15/h7-10,13-14,26,32H,3-6,11-12,15-17H2,1-2H3,(H,27,33)(H,29,34);6,9H,2-5,7-8,10H2,1H3,(H,16,18);2-4,6,20H,5,7-8,15H2,1H3,(H,17,21)/b10-9-;9-6-;. The number of nitrogens with two attached hydrogens (primary N) is 1. The van der Waals surface area contributed by atoms with Gasteiger partial charge in [-0.25, -0.2) is 23.5 Å². The second-order valence-electron chi connectivity index (χ2n) is 18.3. The molecule has 1 aliphatic heterocycles. The number of carbonyl (C=O) groups is 9. The van der Waals surface area contributed by atoms with Gasteiger partial charge in [0, 0.05) is 56.7 Å². The molecule has 0 bridgehead atoms. The van der Waals surface area contributed by atoms with Crippen LogP contribution in [0.5, 0.6) is 11.5 Å². The van der Waals surface area contributed by atoms with Gasteiger partial charge in [0.1, 0.15) is 37.1 Å². The quantitative estimate of drug-likeness (QED) is 0.00839. The molecule has 1 aliphatic rings. The van der Waals surface area contributed by atoms with Gasteiger partial charge in [-0.2, -0.15) is 0 Å². The highest BCUT2D eigenvalue weighted by Gasteiger charge is 2.32. The van der Waals surface area contributed by atoms with Crippen LogP contribution in [0.15, 0.2) is 73.1 Å². The number of aliphatic hydroxyl groups is 2. The highest BCUT2D eigenvalue weighted by molar-refractivity contribution is 6.01. The zero-order valence-electron chi connectivity index (χ0n) is 48.3. The molecule has 0 spiro atoms. The predicted molar refractivity (Wildman–Crippen MR) is 305 cm³/mol. The van der Waals surface area contributed by atoms with E-state index in [0.29, 0.717) is 89.3 Å². The minimum absolute atomic E-state index is 0.00912. The fraction of sp³-hybridized carbons (Fsp3) is 0.426. The Hall–Kier alpha value is -9.99. The van der Waals surface area contributed by atoms with Crippen LogP contribution in [0.1, 0.15) is 86.7 Å². The Morgan fingerprint density at radius 3 is 1.49 bits per heavy atom. The first kappa shape index (κ1) is 71.3. The van der Waals surface area contributed by atoms with Crippen molar-refractivity contribution in [3.05, 3.63) is 116 Å². The molecule has 0 saturated carbocycles. The third-order valence-corrected chi connectivity index (χ3v) is 11.9. The number of imidazole rings is 2. The fourth-order valence-electron chi connectivity index (χ4n) is 7.24. The number of hydroxylamine groups is 2. The van der Waals surface area contributed by atoms with Gasteiger partial charge < -0.3 is 86.5 Å². The van der Waals surface area contributed by atoms with E-state index in [1.165, 1.54) is 49.8 Å². The summed E-state index contributed by atoms with van der Waals surface area (Å²) in [7, 11) is 5.47. The van der Waals surface area contributed by atoms with Gasteiger partial charge in [-0.05, 0) is 77.5 Å². The number of nitro groups is 2. The molecule has 472 valence electrons. The molecule has 3 heterocycles. The SMILES string of the molecule is COC(=O)/C=C\C(=O)NCCCCCC(=O)ON1C(=O)CCC1=O.COC(=O)/C=C\C(=O)NCCCCCCNCC(=O)Nc1cc(CO)ccc1OCc1cnc([N+](=O)[O-])n1C.Cn1c(COc2ccc(CO)cc2NC(=O)CN)cnc1[N+](=O)[O-]. The lowest BCUT2D eigenvalue weighted by Gasteiger charge is -2.14. The van der Waals surface area contributed by atoms with Gasteiger partial charge in [0.05, 0.1) is 66.0 Å². The first-order valence-electron chi connectivity index (χ1n) is 26.8. The third-order valence-electron chi connectivity index (χ3n) is 11.9. The average Bonchev–Trinajstić information content (AvgIpc) is 4.15. The zero-order chi connectivity index (χ0) is 64.3. The van der Waals surface area contributed by atoms with Crippen LogP contribution in [-0.2, 0) is 98.0 Å². The number of ether oxygens (including phenoxy) is 4. The monoisotopic (exact) mass is 1220 g/mol. The van der Waals surface area contributed by atoms with Gasteiger partial charge in [-0.3, -0.25) is 28.8 Å². The molecule has 0 aliphatic carbocycles. The van der Waals surface area contributed by atoms with Gasteiger partial charge >= 0.3 is 29.8 Å². The molecule has 4 aromatic rings. The van der Waals surface area contributed by atoms with Crippen LogP contribution in [0.4, 0.5) is 23.3 Å². The van der Waals surface area contributed by atoms with Crippen molar-refractivity contribution in [2.75, 3.05) is 57.6 Å². The largest absolute Gasteiger partial charge is 0.484 e. The highest BCUT2D eigenvalue weighted by Crippen LogP contribution is 2.29. The third kappa shape index (κ3) is 26.2. The molecule has 87 heavy (non-hydrogen) atoms. The van der Waals surface area contributed by atoms with Crippen molar-refractivity contribution >= 4 is 76.6 Å². The molecule has 2 aromatic carbocycles. The van der Waals surface area contributed by atoms with E-state index in [1.54, 1.807) is 36.4 Å². The van der Waals surface area contributed by atoms with Crippen LogP contribution in [0.25, 0.3) is 0 Å². The molecular weight excluding hydrogens is 1150 g/mol. The number of hydrogen-bond donors (Lipinski definition) is 8. The summed E-state index contributed by atoms with van der Waals surface area (Å²) in [6.45, 7) is 0.976. The molecule has 33 heteroatoms. The maximum absolute atomic E-state index is 12.5. The molecular formula is C54H71N13O20. The summed E-state index contributed by atoms with van der Waals surface area (Å²) in [6.07, 6.45) is 12.4. The smallest absolute Gasteiger partial charge is 0.434 e. The Labute approximate surface area is 497 Å². The average molecular weight is 1220 g/mol. The molecule has 9 N–H and O–H groups in total. The second-order valence-corrected chi connectivity index (χ2v) is 18.3. The lowest BCUT2D eigenvalue weighted by molar-refractivity contribution is -0.396. The molecule has 2 aromatic heterocycles. The number of unbranched alkanes of at least 4 members (excludes halogenated alkanes) is 5. The lowest BCUT2D eigenvalue weighted by Crippen LogP contribution is -2.31. The van der Waals surface area contributed by atoms with Crippen LogP contribution in [-0.4, -0.2) is 145 Å². The maximum Gasteiger partial charge on any atom is 0.434 e. The number of esters is 2. The number of aromatic nitrogens is 4. The molecule has 1 saturated heterocycles. The van der Waals surface area contributed by atoms with Gasteiger partial charge in [0.25, 0.3) is 11.8 Å². The van der Waals surface area contributed by atoms with Crippen molar-refractivity contribution in [3.63, 3.8) is 0 Å². The lowest BCUT2D eigenvalue weighted by atomic mass is 10.2. The second kappa shape index (κ2) is 38.8. The number of imide groups is 1. The van der Waals surface area contributed by atoms with Gasteiger partial charge in [0.15, 0.2) is 11.4 Å². The van der Waals surface area contributed by atoms with Crippen molar-refractivity contribution in [1.82, 2.24) is 40.1 Å². The molecule has 0 atom stereocenters. The number of hydrogen-bond acceptors (Lipinski definition) is 24. The van der Waals surface area contributed by atoms with E-state index >= 15 is 0 Å². The summed E-state index contributed by atoms with van der Waals surface area (Å²) in [6, 6.07) is 9.65. The van der Waals surface area contributed by atoms with Crippen molar-refractivity contribution in [2.24, 2.45) is 19.8 Å². The number of amides is 6. The summed E-state index contributed by atoms with van der Waals surface area (Å²) >= 11 is 0. The maximum atomic E-state index is 12.5. The Morgan fingerprint density at radius 2 is 1.08 bits per heavy atom. The Balaban J connectivity index is 0.000000358. The molecule has 1 fully saturated rings. The number of nitrogens with one attached hydrogen (secondary N) is 5. The van der Waals surface area contributed by atoms with Crippen molar-refractivity contribution in [1.29, 1.82) is 0 Å². The van der Waals surface area contributed by atoms with E-state index in [-0.39, 0.29) is 82.5 Å². The number of nitrogens with zero attached hydrogens (tertiary/aromatic N) is 7. The highest BCUT2D eigenvalue weighted by atomic mass is 16.7. The summed E-state index contributed by atoms with van der Waals surface area (Å²) < 4.78 is 22.8. The number of aliphatic hydroxyl groups excluding tert-OH is 2. The Kier molecular flexibility index (Phi) is 31.8. The van der Waals surface area contributed by atoms with E-state index in [0.717, 1.165) is 50.0 Å².